The first-order valence-corrected chi connectivity index (χ1v) is 13.5. The Morgan fingerprint density at radius 2 is 1.82 bits per heavy atom. The van der Waals surface area contributed by atoms with Gasteiger partial charge in [-0.1, -0.05) is 36.8 Å². The van der Waals surface area contributed by atoms with Crippen LogP contribution in [0.5, 0.6) is 0 Å². The lowest BCUT2D eigenvalue weighted by Crippen LogP contribution is -2.31. The molecular weight excluding hydrogens is 521 g/mol. The van der Waals surface area contributed by atoms with E-state index in [-0.39, 0.29) is 24.1 Å². The van der Waals surface area contributed by atoms with E-state index in [1.807, 2.05) is 22.8 Å². The van der Waals surface area contributed by atoms with E-state index >= 15 is 0 Å². The van der Waals surface area contributed by atoms with Gasteiger partial charge >= 0.3 is 12.1 Å². The minimum absolute atomic E-state index is 0.0436. The van der Waals surface area contributed by atoms with Gasteiger partial charge in [-0.2, -0.15) is 18.2 Å². The van der Waals surface area contributed by atoms with Crippen molar-refractivity contribution in [2.24, 2.45) is 5.92 Å². The third-order valence-electron chi connectivity index (χ3n) is 7.97. The minimum Gasteiger partial charge on any atom is -0.475 e. The van der Waals surface area contributed by atoms with Crippen molar-refractivity contribution < 1.29 is 23.1 Å². The van der Waals surface area contributed by atoms with Crippen molar-refractivity contribution in [1.29, 1.82) is 0 Å². The van der Waals surface area contributed by atoms with E-state index in [0.29, 0.717) is 35.3 Å². The van der Waals surface area contributed by atoms with Gasteiger partial charge in [0.1, 0.15) is 5.52 Å². The van der Waals surface area contributed by atoms with Crippen LogP contribution in [0.1, 0.15) is 59.9 Å². The average molecular weight is 551 g/mol. The second-order valence-electron chi connectivity index (χ2n) is 10.6. The van der Waals surface area contributed by atoms with Gasteiger partial charge in [0.05, 0.1) is 12.1 Å². The van der Waals surface area contributed by atoms with Crippen LogP contribution in [0.2, 0.25) is 0 Å². The summed E-state index contributed by atoms with van der Waals surface area (Å²) in [6.45, 7) is 2.93. The lowest BCUT2D eigenvalue weighted by Gasteiger charge is -2.32. The second-order valence-corrected chi connectivity index (χ2v) is 10.6. The molecule has 0 spiro atoms. The third kappa shape index (κ3) is 4.84. The molecule has 2 aromatic carbocycles. The highest BCUT2D eigenvalue weighted by atomic mass is 19.4. The summed E-state index contributed by atoms with van der Waals surface area (Å²) in [4.78, 5) is 27.5. The summed E-state index contributed by atoms with van der Waals surface area (Å²) < 4.78 is 41.6. The van der Waals surface area contributed by atoms with Crippen LogP contribution in [-0.2, 0) is 19.1 Å². The minimum atomic E-state index is -4.43. The number of fused-ring (bicyclic) bond motifs is 2. The van der Waals surface area contributed by atoms with Crippen molar-refractivity contribution in [1.82, 2.24) is 19.5 Å². The molecule has 2 aliphatic rings. The highest BCUT2D eigenvalue weighted by Crippen LogP contribution is 2.38. The quantitative estimate of drug-likeness (QED) is 0.280. The predicted molar refractivity (Wildman–Crippen MR) is 145 cm³/mol. The van der Waals surface area contributed by atoms with Gasteiger partial charge < -0.3 is 19.9 Å². The van der Waals surface area contributed by atoms with Gasteiger partial charge in [-0.15, -0.1) is 0 Å². The number of hydrogen-bond acceptors (Lipinski definition) is 6. The van der Waals surface area contributed by atoms with E-state index in [1.165, 1.54) is 12.1 Å². The molecule has 1 aliphatic carbocycles. The van der Waals surface area contributed by atoms with Gasteiger partial charge in [-0.25, -0.2) is 14.8 Å². The summed E-state index contributed by atoms with van der Waals surface area (Å²) in [5.74, 6) is -0.280. The number of nitrogens with one attached hydrogen (secondary N) is 1. The number of anilines is 3. The molecule has 0 amide bonds. The maximum atomic E-state index is 13.2. The average Bonchev–Trinajstić information content (AvgIpc) is 3.25. The van der Waals surface area contributed by atoms with Crippen LogP contribution in [0, 0.1) is 5.92 Å². The Labute approximate surface area is 228 Å². The van der Waals surface area contributed by atoms with Gasteiger partial charge in [-0.05, 0) is 67.9 Å². The number of hydrogen-bond donors (Lipinski definition) is 2. The molecule has 1 atom stereocenters. The molecule has 3 heterocycles. The zero-order valence-electron chi connectivity index (χ0n) is 21.9. The first kappa shape index (κ1) is 26.1. The molecule has 8 nitrogen and oxygen atoms in total. The molecule has 0 bridgehead atoms. The summed E-state index contributed by atoms with van der Waals surface area (Å²) in [5, 5.41) is 13.2. The van der Waals surface area contributed by atoms with Gasteiger partial charge in [0, 0.05) is 18.3 Å². The molecule has 1 aliphatic heterocycles. The van der Waals surface area contributed by atoms with Crippen molar-refractivity contribution in [2.45, 2.75) is 57.8 Å². The Morgan fingerprint density at radius 1 is 1.07 bits per heavy atom. The number of carboxylic acid groups (broad SMARTS) is 1. The van der Waals surface area contributed by atoms with Crippen LogP contribution in [0.25, 0.3) is 11.2 Å². The second kappa shape index (κ2) is 10.1. The molecule has 11 heteroatoms. The molecule has 1 saturated carbocycles. The van der Waals surface area contributed by atoms with Gasteiger partial charge in [0.25, 0.3) is 0 Å². The molecule has 208 valence electrons. The Morgan fingerprint density at radius 3 is 2.50 bits per heavy atom. The predicted octanol–water partition coefficient (Wildman–Crippen LogP) is 6.28. The molecule has 40 heavy (non-hydrogen) atoms. The van der Waals surface area contributed by atoms with Crippen LogP contribution in [-0.4, -0.2) is 43.2 Å². The number of carboxylic acids is 1. The zero-order valence-corrected chi connectivity index (χ0v) is 21.9. The largest absolute Gasteiger partial charge is 0.475 e. The monoisotopic (exact) mass is 550 g/mol. The number of imidazole rings is 1. The number of nitrogens with zero attached hydrogens (tertiary/aromatic N) is 5. The molecule has 0 radical (unpaired) electrons. The number of para-hydroxylation sites is 1. The van der Waals surface area contributed by atoms with Crippen molar-refractivity contribution in [3.63, 3.8) is 0 Å². The Hall–Kier alpha value is -4.15. The highest BCUT2D eigenvalue weighted by Gasteiger charge is 2.31. The van der Waals surface area contributed by atoms with Gasteiger partial charge in [-0.3, -0.25) is 0 Å². The van der Waals surface area contributed by atoms with Gasteiger partial charge in [0.15, 0.2) is 11.5 Å². The number of rotatable bonds is 7. The van der Waals surface area contributed by atoms with Crippen molar-refractivity contribution in [2.75, 3.05) is 16.8 Å². The van der Waals surface area contributed by atoms with Crippen LogP contribution >= 0.6 is 0 Å². The molecule has 1 fully saturated rings. The van der Waals surface area contributed by atoms with E-state index in [4.69, 9.17) is 4.98 Å². The van der Waals surface area contributed by atoms with Crippen LogP contribution in [0.3, 0.4) is 0 Å². The fourth-order valence-electron chi connectivity index (χ4n) is 5.57. The summed E-state index contributed by atoms with van der Waals surface area (Å²) in [6, 6.07) is 13.1. The number of aromatic nitrogens is 4. The van der Waals surface area contributed by atoms with E-state index in [2.05, 4.69) is 33.2 Å². The molecule has 6 rings (SSSR count). The number of carbonyl (C=O) groups is 1. The standard InChI is InChI=1S/C29H29F3N6O2/c1-17(19-7-4-8-19)33-24-23-25(35-26(34-24)27(39)40)36-28(37-15-5-9-20-6-2-3-10-22(20)37)38(23)16-18-11-13-21(14-12-18)29(30,31)32/h2-3,6,10-14,17,19H,4-5,7-9,15-16H2,1H3,(H,39,40)(H,33,34,35). The molecule has 2 N–H and O–H groups in total. The maximum absolute atomic E-state index is 13.2. The summed E-state index contributed by atoms with van der Waals surface area (Å²) in [6.07, 6.45) is 0.680. The SMILES string of the molecule is CC(Nc1nc(C(=O)O)nc2nc(N3CCCc4ccccc43)n(Cc3ccc(C(F)(F)F)cc3)c12)C1CCC1. The number of aromatic carboxylic acids is 1. The van der Waals surface area contributed by atoms with Crippen LogP contribution < -0.4 is 10.2 Å². The third-order valence-corrected chi connectivity index (χ3v) is 7.97. The maximum Gasteiger partial charge on any atom is 0.416 e. The van der Waals surface area contributed by atoms with Crippen molar-refractivity contribution >= 4 is 34.6 Å². The number of benzene rings is 2. The summed E-state index contributed by atoms with van der Waals surface area (Å²) >= 11 is 0. The molecule has 4 aromatic rings. The van der Waals surface area contributed by atoms with E-state index < -0.39 is 17.7 Å². The zero-order chi connectivity index (χ0) is 28.0. The lowest BCUT2D eigenvalue weighted by atomic mass is 9.80. The topological polar surface area (TPSA) is 96.2 Å². The number of halogens is 3. The first-order chi connectivity index (χ1) is 19.2. The van der Waals surface area contributed by atoms with E-state index in [1.54, 1.807) is 0 Å². The molecular formula is C29H29F3N6O2. The Balaban J connectivity index is 1.52. The molecule has 2 aromatic heterocycles. The van der Waals surface area contributed by atoms with E-state index in [0.717, 1.165) is 55.5 Å². The van der Waals surface area contributed by atoms with Crippen LogP contribution in [0.4, 0.5) is 30.6 Å². The molecule has 0 saturated heterocycles. The number of aryl methyl sites for hydroxylation is 1. The molecule has 1 unspecified atom stereocenters. The highest BCUT2D eigenvalue weighted by molar-refractivity contribution is 5.92. The van der Waals surface area contributed by atoms with Crippen LogP contribution in [0.15, 0.2) is 48.5 Å². The van der Waals surface area contributed by atoms with Gasteiger partial charge in [0.2, 0.25) is 11.8 Å². The Kier molecular flexibility index (Phi) is 6.59. The van der Waals surface area contributed by atoms with Crippen molar-refractivity contribution in [3.05, 3.63) is 71.0 Å². The smallest absolute Gasteiger partial charge is 0.416 e. The van der Waals surface area contributed by atoms with Crippen molar-refractivity contribution in [3.8, 4) is 0 Å². The fraction of sp³-hybridized carbons (Fsp3) is 0.379. The summed E-state index contributed by atoms with van der Waals surface area (Å²) in [7, 11) is 0. The Bertz CT molecular complexity index is 1560. The normalized spacial score (nSPS) is 16.4. The summed E-state index contributed by atoms with van der Waals surface area (Å²) in [5.41, 5.74) is 2.81. The first-order valence-electron chi connectivity index (χ1n) is 13.5. The fourth-order valence-corrected chi connectivity index (χ4v) is 5.57. The van der Waals surface area contributed by atoms with E-state index in [9.17, 15) is 23.1 Å². The number of alkyl halides is 3. The lowest BCUT2D eigenvalue weighted by molar-refractivity contribution is -0.137.